The first-order valence-electron chi connectivity index (χ1n) is 8.43. The van der Waals surface area contributed by atoms with Gasteiger partial charge in [0.15, 0.2) is 0 Å². The van der Waals surface area contributed by atoms with E-state index in [1.54, 1.807) is 12.1 Å². The first kappa shape index (κ1) is 17.2. The predicted octanol–water partition coefficient (Wildman–Crippen LogP) is 2.35. The van der Waals surface area contributed by atoms with E-state index in [0.717, 1.165) is 24.0 Å². The third-order valence-electron chi connectivity index (χ3n) is 4.53. The lowest BCUT2D eigenvalue weighted by Crippen LogP contribution is -2.45. The Morgan fingerprint density at radius 3 is 2.44 bits per heavy atom. The van der Waals surface area contributed by atoms with Crippen LogP contribution in [0.2, 0.25) is 0 Å². The molecule has 1 saturated carbocycles. The van der Waals surface area contributed by atoms with Crippen LogP contribution >= 0.6 is 0 Å². The molecular weight excluding hydrogens is 316 g/mol. The fourth-order valence-corrected chi connectivity index (χ4v) is 2.98. The van der Waals surface area contributed by atoms with Gasteiger partial charge >= 0.3 is 11.8 Å². The molecule has 130 valence electrons. The normalized spacial score (nSPS) is 15.9. The van der Waals surface area contributed by atoms with Crippen LogP contribution in [0, 0.1) is 12.8 Å². The van der Waals surface area contributed by atoms with E-state index in [1.807, 2.05) is 49.4 Å². The summed E-state index contributed by atoms with van der Waals surface area (Å²) in [5.74, 6) is -1.39. The van der Waals surface area contributed by atoms with Crippen LogP contribution in [0.5, 0.6) is 0 Å². The van der Waals surface area contributed by atoms with Crippen molar-refractivity contribution in [1.82, 2.24) is 5.32 Å². The molecule has 2 amide bonds. The zero-order valence-corrected chi connectivity index (χ0v) is 14.2. The van der Waals surface area contributed by atoms with Gasteiger partial charge in [-0.3, -0.25) is 9.59 Å². The number of hydrogen-bond donors (Lipinski definition) is 3. The van der Waals surface area contributed by atoms with Gasteiger partial charge in [-0.1, -0.05) is 42.5 Å². The van der Waals surface area contributed by atoms with E-state index in [0.29, 0.717) is 5.69 Å². The van der Waals surface area contributed by atoms with Crippen LogP contribution in [0.1, 0.15) is 24.0 Å². The smallest absolute Gasteiger partial charge is 0.313 e. The molecule has 5 heteroatoms. The van der Waals surface area contributed by atoms with Crippen molar-refractivity contribution in [3.8, 4) is 0 Å². The average Bonchev–Trinajstić information content (AvgIpc) is 3.45. The molecule has 2 aromatic rings. The molecule has 1 aliphatic carbocycles. The highest BCUT2D eigenvalue weighted by molar-refractivity contribution is 6.39. The van der Waals surface area contributed by atoms with Gasteiger partial charge in [0.25, 0.3) is 0 Å². The van der Waals surface area contributed by atoms with E-state index in [4.69, 9.17) is 0 Å². The second kappa shape index (κ2) is 7.07. The van der Waals surface area contributed by atoms with E-state index >= 15 is 0 Å². The molecule has 0 radical (unpaired) electrons. The molecule has 0 heterocycles. The lowest BCUT2D eigenvalue weighted by Gasteiger charge is -2.29. The Morgan fingerprint density at radius 1 is 1.08 bits per heavy atom. The summed E-state index contributed by atoms with van der Waals surface area (Å²) in [6.07, 6.45) is 1.83. The molecule has 1 aliphatic rings. The molecule has 0 aromatic heterocycles. The molecule has 0 bridgehead atoms. The summed E-state index contributed by atoms with van der Waals surface area (Å²) in [4.78, 5) is 24.2. The molecule has 25 heavy (non-hydrogen) atoms. The standard InChI is InChI=1S/C20H22N2O3/c1-14-6-5-9-17(12-14)22-19(24)18(23)21-13-20(25,16-10-11-16)15-7-3-2-4-8-15/h2-9,12,16,25H,10-11,13H2,1H3,(H,21,23)(H,22,24)/t20-/m1/s1. The van der Waals surface area contributed by atoms with Gasteiger partial charge in [-0.05, 0) is 48.9 Å². The third-order valence-corrected chi connectivity index (χ3v) is 4.53. The van der Waals surface area contributed by atoms with Crippen LogP contribution in [0.3, 0.4) is 0 Å². The monoisotopic (exact) mass is 338 g/mol. The Labute approximate surface area is 147 Å². The second-order valence-electron chi connectivity index (χ2n) is 6.57. The number of hydrogen-bond acceptors (Lipinski definition) is 3. The SMILES string of the molecule is Cc1cccc(NC(=O)C(=O)NC[C@@](O)(c2ccccc2)C2CC2)c1. The topological polar surface area (TPSA) is 78.4 Å². The summed E-state index contributed by atoms with van der Waals surface area (Å²) in [5.41, 5.74) is 1.18. The first-order valence-corrected chi connectivity index (χ1v) is 8.43. The Kier molecular flexibility index (Phi) is 4.86. The highest BCUT2D eigenvalue weighted by Crippen LogP contribution is 2.45. The first-order chi connectivity index (χ1) is 12.0. The van der Waals surface area contributed by atoms with Crippen LogP contribution in [0.4, 0.5) is 5.69 Å². The summed E-state index contributed by atoms with van der Waals surface area (Å²) in [6.45, 7) is 1.92. The number of aryl methyl sites for hydroxylation is 1. The minimum Gasteiger partial charge on any atom is -0.383 e. The summed E-state index contributed by atoms with van der Waals surface area (Å²) < 4.78 is 0. The lowest BCUT2D eigenvalue weighted by atomic mass is 9.88. The largest absolute Gasteiger partial charge is 0.383 e. The molecule has 3 N–H and O–H groups in total. The maximum Gasteiger partial charge on any atom is 0.313 e. The van der Waals surface area contributed by atoms with Gasteiger partial charge in [-0.15, -0.1) is 0 Å². The summed E-state index contributed by atoms with van der Waals surface area (Å²) >= 11 is 0. The van der Waals surface area contributed by atoms with Crippen LogP contribution < -0.4 is 10.6 Å². The molecule has 1 fully saturated rings. The van der Waals surface area contributed by atoms with Crippen molar-refractivity contribution in [2.24, 2.45) is 5.92 Å². The van der Waals surface area contributed by atoms with Crippen molar-refractivity contribution >= 4 is 17.5 Å². The minimum atomic E-state index is -1.14. The molecule has 0 spiro atoms. The molecule has 5 nitrogen and oxygen atoms in total. The zero-order valence-electron chi connectivity index (χ0n) is 14.2. The molecule has 3 rings (SSSR count). The van der Waals surface area contributed by atoms with Gasteiger partial charge in [-0.2, -0.15) is 0 Å². The summed E-state index contributed by atoms with van der Waals surface area (Å²) in [6, 6.07) is 16.5. The zero-order chi connectivity index (χ0) is 17.9. The Bertz CT molecular complexity index is 772. The van der Waals surface area contributed by atoms with Crippen molar-refractivity contribution in [3.05, 3.63) is 65.7 Å². The van der Waals surface area contributed by atoms with Crippen LogP contribution in [-0.4, -0.2) is 23.5 Å². The van der Waals surface area contributed by atoms with Gasteiger partial charge in [-0.25, -0.2) is 0 Å². The summed E-state index contributed by atoms with van der Waals surface area (Å²) in [7, 11) is 0. The Hall–Kier alpha value is -2.66. The van der Waals surface area contributed by atoms with E-state index in [-0.39, 0.29) is 12.5 Å². The quantitative estimate of drug-likeness (QED) is 0.732. The van der Waals surface area contributed by atoms with E-state index in [9.17, 15) is 14.7 Å². The minimum absolute atomic E-state index is 0.0156. The lowest BCUT2D eigenvalue weighted by molar-refractivity contribution is -0.137. The van der Waals surface area contributed by atoms with E-state index < -0.39 is 17.4 Å². The van der Waals surface area contributed by atoms with Gasteiger partial charge in [0.05, 0.1) is 6.54 Å². The fourth-order valence-electron chi connectivity index (χ4n) is 2.98. The van der Waals surface area contributed by atoms with Gasteiger partial charge in [0, 0.05) is 5.69 Å². The molecule has 1 atom stereocenters. The molecular formula is C20H22N2O3. The molecule has 2 aromatic carbocycles. The number of benzene rings is 2. The van der Waals surface area contributed by atoms with E-state index in [1.165, 1.54) is 0 Å². The van der Waals surface area contributed by atoms with Crippen molar-refractivity contribution in [2.75, 3.05) is 11.9 Å². The Morgan fingerprint density at radius 2 is 1.80 bits per heavy atom. The van der Waals surface area contributed by atoms with Crippen molar-refractivity contribution in [1.29, 1.82) is 0 Å². The Balaban J connectivity index is 1.63. The number of carbonyl (C=O) groups excluding carboxylic acids is 2. The number of amides is 2. The maximum atomic E-state index is 12.1. The molecule has 0 unspecified atom stereocenters. The highest BCUT2D eigenvalue weighted by Gasteiger charge is 2.45. The third kappa shape index (κ3) is 4.06. The van der Waals surface area contributed by atoms with Crippen LogP contribution in [-0.2, 0) is 15.2 Å². The van der Waals surface area contributed by atoms with Gasteiger partial charge in [0.2, 0.25) is 0 Å². The second-order valence-corrected chi connectivity index (χ2v) is 6.57. The fraction of sp³-hybridized carbons (Fsp3) is 0.300. The van der Waals surface area contributed by atoms with Crippen LogP contribution in [0.15, 0.2) is 54.6 Å². The average molecular weight is 338 g/mol. The number of anilines is 1. The molecule has 0 saturated heterocycles. The van der Waals surface area contributed by atoms with Crippen LogP contribution in [0.25, 0.3) is 0 Å². The molecule has 0 aliphatic heterocycles. The van der Waals surface area contributed by atoms with Gasteiger partial charge in [0.1, 0.15) is 5.60 Å². The highest BCUT2D eigenvalue weighted by atomic mass is 16.3. The van der Waals surface area contributed by atoms with Gasteiger partial charge < -0.3 is 15.7 Å². The number of nitrogens with one attached hydrogen (secondary N) is 2. The number of rotatable bonds is 5. The predicted molar refractivity (Wildman–Crippen MR) is 95.9 cm³/mol. The van der Waals surface area contributed by atoms with E-state index in [2.05, 4.69) is 10.6 Å². The number of carbonyl (C=O) groups is 2. The summed E-state index contributed by atoms with van der Waals surface area (Å²) in [5, 5.41) is 16.2. The maximum absolute atomic E-state index is 12.1. The van der Waals surface area contributed by atoms with Crippen molar-refractivity contribution in [2.45, 2.75) is 25.4 Å². The van der Waals surface area contributed by atoms with Crippen molar-refractivity contribution in [3.63, 3.8) is 0 Å². The van der Waals surface area contributed by atoms with Crippen molar-refractivity contribution < 1.29 is 14.7 Å². The number of aliphatic hydroxyl groups is 1.